The van der Waals surface area contributed by atoms with Gasteiger partial charge in [-0.15, -0.1) is 11.3 Å². The number of piperidine rings is 1. The van der Waals surface area contributed by atoms with E-state index in [0.717, 1.165) is 47.2 Å². The molecule has 0 aliphatic carbocycles. The summed E-state index contributed by atoms with van der Waals surface area (Å²) < 4.78 is 15.1. The monoisotopic (exact) mass is 470 g/mol. The van der Waals surface area contributed by atoms with Crippen LogP contribution in [0.3, 0.4) is 0 Å². The minimum absolute atomic E-state index is 0.0743. The number of nitrogens with one attached hydrogen (secondary N) is 1. The topological polar surface area (TPSA) is 67.2 Å². The molecule has 0 bridgehead atoms. The summed E-state index contributed by atoms with van der Waals surface area (Å²) in [6, 6.07) is 8.37. The Bertz CT molecular complexity index is 1130. The molecule has 1 aliphatic heterocycles. The summed E-state index contributed by atoms with van der Waals surface area (Å²) in [5.41, 5.74) is 1.82. The molecular formula is C25H31FN4O2S. The van der Waals surface area contributed by atoms with Gasteiger partial charge in [0, 0.05) is 30.4 Å². The van der Waals surface area contributed by atoms with Crippen LogP contribution in [-0.2, 0) is 11.3 Å². The Morgan fingerprint density at radius 1 is 1.18 bits per heavy atom. The van der Waals surface area contributed by atoms with Crippen LogP contribution < -0.4 is 5.32 Å². The van der Waals surface area contributed by atoms with Gasteiger partial charge in [0.1, 0.15) is 10.6 Å². The molecule has 2 aromatic heterocycles. The van der Waals surface area contributed by atoms with Crippen LogP contribution in [0, 0.1) is 18.7 Å². The highest BCUT2D eigenvalue weighted by molar-refractivity contribution is 7.20. The van der Waals surface area contributed by atoms with Crippen molar-refractivity contribution in [2.24, 2.45) is 5.92 Å². The van der Waals surface area contributed by atoms with E-state index in [0.29, 0.717) is 24.5 Å². The van der Waals surface area contributed by atoms with E-state index in [-0.39, 0.29) is 29.6 Å². The fourth-order valence-electron chi connectivity index (χ4n) is 4.49. The predicted molar refractivity (Wildman–Crippen MR) is 129 cm³/mol. The Balaban J connectivity index is 1.40. The zero-order chi connectivity index (χ0) is 23.5. The molecular weight excluding hydrogens is 439 g/mol. The van der Waals surface area contributed by atoms with Crippen molar-refractivity contribution in [2.75, 3.05) is 13.1 Å². The molecule has 1 saturated heterocycles. The van der Waals surface area contributed by atoms with Gasteiger partial charge in [-0.1, -0.05) is 26.0 Å². The Labute approximate surface area is 197 Å². The van der Waals surface area contributed by atoms with Gasteiger partial charge in [-0.3, -0.25) is 14.3 Å². The van der Waals surface area contributed by atoms with Crippen LogP contribution in [0.15, 0.2) is 30.3 Å². The third-order valence-electron chi connectivity index (χ3n) is 6.55. The van der Waals surface area contributed by atoms with E-state index in [4.69, 9.17) is 0 Å². The molecule has 1 fully saturated rings. The average Bonchev–Trinajstić information content (AvgIpc) is 3.38. The number of amides is 2. The van der Waals surface area contributed by atoms with Gasteiger partial charge in [0.25, 0.3) is 5.91 Å². The smallest absolute Gasteiger partial charge is 0.261 e. The second-order valence-electron chi connectivity index (χ2n) is 8.79. The molecule has 0 unspecified atom stereocenters. The molecule has 2 amide bonds. The first-order chi connectivity index (χ1) is 15.9. The number of hydrogen-bond acceptors (Lipinski definition) is 4. The quantitative estimate of drug-likeness (QED) is 0.542. The van der Waals surface area contributed by atoms with Gasteiger partial charge in [-0.2, -0.15) is 5.10 Å². The summed E-state index contributed by atoms with van der Waals surface area (Å²) in [6.07, 6.45) is 3.30. The third kappa shape index (κ3) is 5.11. The maximum absolute atomic E-state index is 13.2. The van der Waals surface area contributed by atoms with E-state index in [9.17, 15) is 14.0 Å². The number of benzene rings is 1. The van der Waals surface area contributed by atoms with Crippen molar-refractivity contribution in [1.82, 2.24) is 20.0 Å². The molecule has 1 aliphatic rings. The van der Waals surface area contributed by atoms with Crippen molar-refractivity contribution in [1.29, 1.82) is 0 Å². The van der Waals surface area contributed by atoms with Crippen molar-refractivity contribution in [3.05, 3.63) is 52.3 Å². The number of carbonyl (C=O) groups is 2. The molecule has 8 heteroatoms. The van der Waals surface area contributed by atoms with Crippen molar-refractivity contribution in [3.63, 3.8) is 0 Å². The highest BCUT2D eigenvalue weighted by Crippen LogP contribution is 2.29. The van der Waals surface area contributed by atoms with Gasteiger partial charge in [-0.25, -0.2) is 4.39 Å². The summed E-state index contributed by atoms with van der Waals surface area (Å²) in [5, 5.41) is 8.73. The van der Waals surface area contributed by atoms with Crippen LogP contribution in [-0.4, -0.2) is 45.6 Å². The van der Waals surface area contributed by atoms with E-state index in [2.05, 4.69) is 24.3 Å². The largest absolute Gasteiger partial charge is 0.348 e. The second kappa shape index (κ2) is 10.0. The summed E-state index contributed by atoms with van der Waals surface area (Å²) in [6.45, 7) is 7.96. The highest BCUT2D eigenvalue weighted by atomic mass is 32.1. The Morgan fingerprint density at radius 2 is 1.85 bits per heavy atom. The molecule has 1 aromatic carbocycles. The van der Waals surface area contributed by atoms with Crippen LogP contribution in [0.2, 0.25) is 0 Å². The number of aromatic nitrogens is 2. The van der Waals surface area contributed by atoms with E-state index in [1.165, 1.54) is 23.5 Å². The summed E-state index contributed by atoms with van der Waals surface area (Å²) in [7, 11) is 0. The number of nitrogens with zero attached hydrogens (tertiary/aromatic N) is 3. The fraction of sp³-hybridized carbons (Fsp3) is 0.480. The molecule has 0 spiro atoms. The maximum Gasteiger partial charge on any atom is 0.261 e. The molecule has 3 aromatic rings. The number of likely N-dealkylation sites (tertiary alicyclic amines) is 1. The van der Waals surface area contributed by atoms with Crippen molar-refractivity contribution >= 4 is 33.4 Å². The number of carbonyl (C=O) groups excluding carboxylic acids is 2. The van der Waals surface area contributed by atoms with Gasteiger partial charge in [0.15, 0.2) is 0 Å². The molecule has 0 atom stereocenters. The Hall–Kier alpha value is -2.74. The maximum atomic E-state index is 13.2. The summed E-state index contributed by atoms with van der Waals surface area (Å²) >= 11 is 1.43. The third-order valence-corrected chi connectivity index (χ3v) is 7.70. The van der Waals surface area contributed by atoms with Crippen LogP contribution in [0.5, 0.6) is 0 Å². The zero-order valence-corrected chi connectivity index (χ0v) is 20.3. The van der Waals surface area contributed by atoms with E-state index in [1.807, 2.05) is 22.6 Å². The van der Waals surface area contributed by atoms with Gasteiger partial charge < -0.3 is 10.2 Å². The van der Waals surface area contributed by atoms with Gasteiger partial charge in [0.2, 0.25) is 5.91 Å². The van der Waals surface area contributed by atoms with Crippen molar-refractivity contribution in [3.8, 4) is 0 Å². The normalized spacial score (nSPS) is 14.9. The first-order valence-corrected chi connectivity index (χ1v) is 12.5. The van der Waals surface area contributed by atoms with E-state index < -0.39 is 0 Å². The molecule has 1 N–H and O–H groups in total. The molecule has 0 saturated carbocycles. The number of halogens is 1. The van der Waals surface area contributed by atoms with Crippen molar-refractivity contribution in [2.45, 2.75) is 59.0 Å². The molecule has 33 heavy (non-hydrogen) atoms. The lowest BCUT2D eigenvalue weighted by Crippen LogP contribution is -2.47. The molecule has 0 radical (unpaired) electrons. The number of thiophene rings is 1. The predicted octanol–water partition coefficient (Wildman–Crippen LogP) is 4.75. The molecule has 3 heterocycles. The molecule has 6 nitrogen and oxygen atoms in total. The lowest BCUT2D eigenvalue weighted by Gasteiger charge is -2.34. The van der Waals surface area contributed by atoms with E-state index in [1.54, 1.807) is 12.1 Å². The summed E-state index contributed by atoms with van der Waals surface area (Å²) in [5.74, 6) is 0.0120. The Kier molecular flexibility index (Phi) is 7.12. The van der Waals surface area contributed by atoms with Crippen LogP contribution >= 0.6 is 11.3 Å². The first-order valence-electron chi connectivity index (χ1n) is 11.7. The van der Waals surface area contributed by atoms with E-state index >= 15 is 0 Å². The fourth-order valence-corrected chi connectivity index (χ4v) is 5.56. The first kappa shape index (κ1) is 23.4. The summed E-state index contributed by atoms with van der Waals surface area (Å²) in [4.78, 5) is 29.1. The minimum Gasteiger partial charge on any atom is -0.348 e. The van der Waals surface area contributed by atoms with Crippen molar-refractivity contribution < 1.29 is 14.0 Å². The van der Waals surface area contributed by atoms with Crippen LogP contribution in [0.1, 0.15) is 60.5 Å². The van der Waals surface area contributed by atoms with Crippen LogP contribution in [0.25, 0.3) is 10.2 Å². The van der Waals surface area contributed by atoms with Gasteiger partial charge >= 0.3 is 0 Å². The lowest BCUT2D eigenvalue weighted by molar-refractivity contribution is -0.136. The molecule has 4 rings (SSSR count). The van der Waals surface area contributed by atoms with Gasteiger partial charge in [-0.05, 0) is 56.4 Å². The zero-order valence-electron chi connectivity index (χ0n) is 19.4. The standard InChI is InChI=1S/C25H31FN4O2S/c1-4-18(5-2)24(32)29-12-10-20(11-13-29)27-23(31)22-14-21-16(3)28-30(25(21)33-22)15-17-6-8-19(26)9-7-17/h6-9,14,18,20H,4-5,10-13,15H2,1-3H3,(H,27,31). The minimum atomic E-state index is -0.263. The van der Waals surface area contributed by atoms with Crippen LogP contribution in [0.4, 0.5) is 4.39 Å². The number of aryl methyl sites for hydroxylation is 1. The SMILES string of the molecule is CCC(CC)C(=O)N1CCC(NC(=O)c2cc3c(C)nn(Cc4ccc(F)cc4)c3s2)CC1. The lowest BCUT2D eigenvalue weighted by atomic mass is 9.98. The molecule has 176 valence electrons. The average molecular weight is 471 g/mol. The Morgan fingerprint density at radius 3 is 2.48 bits per heavy atom. The number of fused-ring (bicyclic) bond motifs is 1. The van der Waals surface area contributed by atoms with Gasteiger partial charge in [0.05, 0.1) is 17.1 Å². The number of hydrogen-bond donors (Lipinski definition) is 1. The highest BCUT2D eigenvalue weighted by Gasteiger charge is 2.28. The second-order valence-corrected chi connectivity index (χ2v) is 9.82. The number of rotatable bonds is 7.